The second kappa shape index (κ2) is 10.4. The lowest BCUT2D eigenvalue weighted by molar-refractivity contribution is 0.0942. The highest BCUT2D eigenvalue weighted by molar-refractivity contribution is 7.98. The quantitative estimate of drug-likeness (QED) is 0.597. The van der Waals surface area contributed by atoms with Crippen LogP contribution in [0.3, 0.4) is 0 Å². The van der Waals surface area contributed by atoms with Crippen LogP contribution in [0, 0.1) is 19.8 Å². The summed E-state index contributed by atoms with van der Waals surface area (Å²) in [5.74, 6) is 1.99. The van der Waals surface area contributed by atoms with Gasteiger partial charge in [-0.25, -0.2) is 4.98 Å². The molecule has 0 spiro atoms. The average Bonchev–Trinajstić information content (AvgIpc) is 2.98. The van der Waals surface area contributed by atoms with Crippen LogP contribution in [0.25, 0.3) is 0 Å². The maximum absolute atomic E-state index is 12.7. The zero-order valence-electron chi connectivity index (χ0n) is 16.2. The first-order valence-electron chi connectivity index (χ1n) is 9.34. The minimum atomic E-state index is -0.0469. The van der Waals surface area contributed by atoms with E-state index in [0.29, 0.717) is 17.2 Å². The van der Waals surface area contributed by atoms with Gasteiger partial charge in [0, 0.05) is 24.1 Å². The molecule has 2 heterocycles. The third-order valence-electron chi connectivity index (χ3n) is 4.64. The van der Waals surface area contributed by atoms with E-state index < -0.39 is 0 Å². The Morgan fingerprint density at radius 1 is 1.35 bits per heavy atom. The van der Waals surface area contributed by atoms with Crippen LogP contribution in [0.4, 0.5) is 0 Å². The molecule has 142 valence electrons. The smallest absolute Gasteiger partial charge is 0.254 e. The van der Waals surface area contributed by atoms with E-state index in [0.717, 1.165) is 41.4 Å². The number of aryl methyl sites for hydroxylation is 2. The Morgan fingerprint density at radius 3 is 2.81 bits per heavy atom. The minimum Gasteiger partial charge on any atom is -0.361 e. The molecule has 0 radical (unpaired) electrons. The molecule has 2 rings (SSSR count). The van der Waals surface area contributed by atoms with Crippen molar-refractivity contribution in [1.29, 1.82) is 0 Å². The van der Waals surface area contributed by atoms with Crippen molar-refractivity contribution in [3.8, 4) is 0 Å². The molecule has 1 amide bonds. The SMILES string of the molecule is CCCCC(CC)CNC(=O)c1cccnc1SCc1c(C)noc1C. The monoisotopic (exact) mass is 375 g/mol. The Hall–Kier alpha value is -1.82. The lowest BCUT2D eigenvalue weighted by Crippen LogP contribution is -2.29. The van der Waals surface area contributed by atoms with E-state index in [1.807, 2.05) is 26.0 Å². The van der Waals surface area contributed by atoms with Gasteiger partial charge in [0.05, 0.1) is 11.3 Å². The second-order valence-electron chi connectivity index (χ2n) is 6.57. The Kier molecular flexibility index (Phi) is 8.16. The van der Waals surface area contributed by atoms with Gasteiger partial charge in [-0.2, -0.15) is 0 Å². The number of unbranched alkanes of at least 4 members (excludes halogenated alkanes) is 1. The molecule has 1 N–H and O–H groups in total. The molecule has 0 saturated heterocycles. The van der Waals surface area contributed by atoms with Crippen LogP contribution in [0.1, 0.15) is 66.9 Å². The van der Waals surface area contributed by atoms with Crippen molar-refractivity contribution < 1.29 is 9.32 Å². The molecule has 2 aromatic heterocycles. The number of hydrogen-bond donors (Lipinski definition) is 1. The fourth-order valence-electron chi connectivity index (χ4n) is 2.80. The van der Waals surface area contributed by atoms with Crippen molar-refractivity contribution in [3.63, 3.8) is 0 Å². The predicted octanol–water partition coefficient (Wildman–Crippen LogP) is 4.92. The molecule has 0 aliphatic heterocycles. The number of nitrogens with zero attached hydrogens (tertiary/aromatic N) is 2. The maximum Gasteiger partial charge on any atom is 0.254 e. The van der Waals surface area contributed by atoms with E-state index in [-0.39, 0.29) is 5.91 Å². The van der Waals surface area contributed by atoms with E-state index >= 15 is 0 Å². The van der Waals surface area contributed by atoms with Crippen LogP contribution in [0.15, 0.2) is 27.9 Å². The Labute approximate surface area is 160 Å². The molecule has 0 aliphatic carbocycles. The largest absolute Gasteiger partial charge is 0.361 e. The van der Waals surface area contributed by atoms with Gasteiger partial charge in [0.25, 0.3) is 5.91 Å². The first kappa shape index (κ1) is 20.5. The summed E-state index contributed by atoms with van der Waals surface area (Å²) in [5.41, 5.74) is 2.59. The topological polar surface area (TPSA) is 68.0 Å². The highest BCUT2D eigenvalue weighted by Crippen LogP contribution is 2.27. The van der Waals surface area contributed by atoms with Gasteiger partial charge in [0.2, 0.25) is 0 Å². The molecule has 5 nitrogen and oxygen atoms in total. The molecule has 0 saturated carbocycles. The van der Waals surface area contributed by atoms with Gasteiger partial charge in [0.1, 0.15) is 10.8 Å². The van der Waals surface area contributed by atoms with Crippen LogP contribution in [-0.2, 0) is 5.75 Å². The number of rotatable bonds is 10. The van der Waals surface area contributed by atoms with Crippen LogP contribution >= 0.6 is 11.8 Å². The molecule has 6 heteroatoms. The number of nitrogens with one attached hydrogen (secondary N) is 1. The van der Waals surface area contributed by atoms with Crippen molar-refractivity contribution in [2.24, 2.45) is 5.92 Å². The van der Waals surface area contributed by atoms with Crippen molar-refractivity contribution in [1.82, 2.24) is 15.5 Å². The minimum absolute atomic E-state index is 0.0469. The van der Waals surface area contributed by atoms with Crippen molar-refractivity contribution in [2.75, 3.05) is 6.54 Å². The third-order valence-corrected chi connectivity index (χ3v) is 5.68. The van der Waals surface area contributed by atoms with E-state index in [9.17, 15) is 4.79 Å². The summed E-state index contributed by atoms with van der Waals surface area (Å²) in [5, 5.41) is 7.81. The van der Waals surface area contributed by atoms with Crippen molar-refractivity contribution in [2.45, 2.75) is 64.2 Å². The summed E-state index contributed by atoms with van der Waals surface area (Å²) >= 11 is 1.54. The Bertz CT molecular complexity index is 695. The summed E-state index contributed by atoms with van der Waals surface area (Å²) in [7, 11) is 0. The first-order valence-corrected chi connectivity index (χ1v) is 10.3. The summed E-state index contributed by atoms with van der Waals surface area (Å²) in [6.07, 6.45) is 6.37. The van der Waals surface area contributed by atoms with Crippen LogP contribution in [0.5, 0.6) is 0 Å². The van der Waals surface area contributed by atoms with Gasteiger partial charge in [-0.3, -0.25) is 4.79 Å². The summed E-state index contributed by atoms with van der Waals surface area (Å²) < 4.78 is 5.21. The second-order valence-corrected chi connectivity index (χ2v) is 7.54. The number of pyridine rings is 1. The number of carbonyl (C=O) groups excluding carboxylic acids is 1. The fraction of sp³-hybridized carbons (Fsp3) is 0.550. The van der Waals surface area contributed by atoms with Crippen molar-refractivity contribution >= 4 is 17.7 Å². The highest BCUT2D eigenvalue weighted by Gasteiger charge is 2.16. The van der Waals surface area contributed by atoms with E-state index in [1.165, 1.54) is 12.8 Å². The predicted molar refractivity (Wildman–Crippen MR) is 105 cm³/mol. The molecule has 1 unspecified atom stereocenters. The lowest BCUT2D eigenvalue weighted by Gasteiger charge is -2.16. The van der Waals surface area contributed by atoms with Crippen LogP contribution in [-0.4, -0.2) is 22.6 Å². The number of aromatic nitrogens is 2. The Morgan fingerprint density at radius 2 is 2.15 bits per heavy atom. The molecule has 0 aromatic carbocycles. The number of thioether (sulfide) groups is 1. The number of hydrogen-bond acceptors (Lipinski definition) is 5. The molecular formula is C20H29N3O2S. The van der Waals surface area contributed by atoms with Crippen LogP contribution < -0.4 is 5.32 Å². The highest BCUT2D eigenvalue weighted by atomic mass is 32.2. The average molecular weight is 376 g/mol. The van der Waals surface area contributed by atoms with Crippen molar-refractivity contribution in [3.05, 3.63) is 40.9 Å². The number of carbonyl (C=O) groups is 1. The first-order chi connectivity index (χ1) is 12.6. The summed E-state index contributed by atoms with van der Waals surface area (Å²) in [6, 6.07) is 3.65. The molecule has 1 atom stereocenters. The zero-order chi connectivity index (χ0) is 18.9. The molecule has 26 heavy (non-hydrogen) atoms. The summed E-state index contributed by atoms with van der Waals surface area (Å²) in [4.78, 5) is 17.1. The van der Waals surface area contributed by atoms with Crippen LogP contribution in [0.2, 0.25) is 0 Å². The van der Waals surface area contributed by atoms with Gasteiger partial charge in [0.15, 0.2) is 0 Å². The van der Waals surface area contributed by atoms with Gasteiger partial charge in [-0.1, -0.05) is 38.3 Å². The normalized spacial score (nSPS) is 12.2. The standard InChI is InChI=1S/C20H29N3O2S/c1-5-7-9-16(6-2)12-22-19(24)17-10-8-11-21-20(17)26-13-18-14(3)23-25-15(18)4/h8,10-11,16H,5-7,9,12-13H2,1-4H3,(H,22,24). The molecule has 0 bridgehead atoms. The fourth-order valence-corrected chi connectivity index (χ4v) is 3.95. The molecule has 2 aromatic rings. The third kappa shape index (κ3) is 5.59. The molecule has 0 aliphatic rings. The summed E-state index contributed by atoms with van der Waals surface area (Å²) in [6.45, 7) is 8.94. The van der Waals surface area contributed by atoms with E-state index in [4.69, 9.17) is 4.52 Å². The lowest BCUT2D eigenvalue weighted by atomic mass is 9.99. The molecule has 0 fully saturated rings. The van der Waals surface area contributed by atoms with Gasteiger partial charge < -0.3 is 9.84 Å². The Balaban J connectivity index is 2.00. The van der Waals surface area contributed by atoms with E-state index in [2.05, 4.69) is 29.3 Å². The zero-order valence-corrected chi connectivity index (χ0v) is 17.0. The number of amides is 1. The van der Waals surface area contributed by atoms with E-state index in [1.54, 1.807) is 18.0 Å². The van der Waals surface area contributed by atoms with Gasteiger partial charge in [-0.05, 0) is 38.3 Å². The van der Waals surface area contributed by atoms with Gasteiger partial charge >= 0.3 is 0 Å². The van der Waals surface area contributed by atoms with Gasteiger partial charge in [-0.15, -0.1) is 11.8 Å². The maximum atomic E-state index is 12.7. The molecular weight excluding hydrogens is 346 g/mol.